The number of nitrogens with two attached hydrogens (primary N) is 1. The molecule has 1 aromatic carbocycles. The van der Waals surface area contributed by atoms with Gasteiger partial charge in [0.2, 0.25) is 5.95 Å². The van der Waals surface area contributed by atoms with Crippen LogP contribution < -0.4 is 11.1 Å². The molecule has 0 fully saturated rings. The van der Waals surface area contributed by atoms with Crippen molar-refractivity contribution in [2.24, 2.45) is 0 Å². The SMILES string of the molecule is Nc1cnc(NCc2ccc(F)cc2)nc1. The van der Waals surface area contributed by atoms with Crippen LogP contribution in [0.2, 0.25) is 0 Å². The molecule has 4 nitrogen and oxygen atoms in total. The molecule has 0 radical (unpaired) electrons. The molecule has 0 spiro atoms. The second kappa shape index (κ2) is 4.57. The molecule has 0 aliphatic carbocycles. The monoisotopic (exact) mass is 218 g/mol. The average molecular weight is 218 g/mol. The molecule has 0 atom stereocenters. The van der Waals surface area contributed by atoms with E-state index in [9.17, 15) is 4.39 Å². The number of halogens is 1. The zero-order valence-corrected chi connectivity index (χ0v) is 8.52. The fraction of sp³-hybridized carbons (Fsp3) is 0.0909. The van der Waals surface area contributed by atoms with Gasteiger partial charge in [0.05, 0.1) is 18.1 Å². The van der Waals surface area contributed by atoms with Gasteiger partial charge < -0.3 is 11.1 Å². The third kappa shape index (κ3) is 2.66. The summed E-state index contributed by atoms with van der Waals surface area (Å²) in [6, 6.07) is 6.25. The molecule has 0 saturated heterocycles. The van der Waals surface area contributed by atoms with E-state index < -0.39 is 0 Å². The third-order valence-corrected chi connectivity index (χ3v) is 2.04. The largest absolute Gasteiger partial charge is 0.396 e. The fourth-order valence-corrected chi connectivity index (χ4v) is 1.21. The highest BCUT2D eigenvalue weighted by atomic mass is 19.1. The third-order valence-electron chi connectivity index (χ3n) is 2.04. The Morgan fingerprint density at radius 2 is 1.75 bits per heavy atom. The lowest BCUT2D eigenvalue weighted by Gasteiger charge is -2.04. The number of aromatic nitrogens is 2. The molecule has 0 saturated carbocycles. The quantitative estimate of drug-likeness (QED) is 0.824. The zero-order valence-electron chi connectivity index (χ0n) is 8.52. The smallest absolute Gasteiger partial charge is 0.222 e. The second-order valence-electron chi connectivity index (χ2n) is 3.32. The maximum atomic E-state index is 12.6. The minimum atomic E-state index is -0.243. The second-order valence-corrected chi connectivity index (χ2v) is 3.32. The van der Waals surface area contributed by atoms with E-state index in [4.69, 9.17) is 5.73 Å². The van der Waals surface area contributed by atoms with Crippen molar-refractivity contribution in [3.63, 3.8) is 0 Å². The van der Waals surface area contributed by atoms with Crippen LogP contribution in [-0.4, -0.2) is 9.97 Å². The van der Waals surface area contributed by atoms with Gasteiger partial charge in [-0.15, -0.1) is 0 Å². The number of nitrogens with one attached hydrogen (secondary N) is 1. The van der Waals surface area contributed by atoms with Crippen LogP contribution in [0.15, 0.2) is 36.7 Å². The van der Waals surface area contributed by atoms with Crippen molar-refractivity contribution >= 4 is 11.6 Å². The van der Waals surface area contributed by atoms with Gasteiger partial charge >= 0.3 is 0 Å². The van der Waals surface area contributed by atoms with E-state index in [-0.39, 0.29) is 5.82 Å². The van der Waals surface area contributed by atoms with Gasteiger partial charge in [0.25, 0.3) is 0 Å². The Kier molecular flexibility index (Phi) is 2.95. The number of hydrogen-bond acceptors (Lipinski definition) is 4. The summed E-state index contributed by atoms with van der Waals surface area (Å²) in [6.45, 7) is 0.546. The van der Waals surface area contributed by atoms with E-state index in [1.807, 2.05) is 0 Å². The number of benzene rings is 1. The minimum Gasteiger partial charge on any atom is -0.396 e. The van der Waals surface area contributed by atoms with Gasteiger partial charge in [0.15, 0.2) is 0 Å². The highest BCUT2D eigenvalue weighted by molar-refractivity contribution is 5.36. The molecule has 1 aromatic heterocycles. The first-order valence-electron chi connectivity index (χ1n) is 4.80. The van der Waals surface area contributed by atoms with E-state index >= 15 is 0 Å². The summed E-state index contributed by atoms with van der Waals surface area (Å²) >= 11 is 0. The molecule has 5 heteroatoms. The van der Waals surface area contributed by atoms with Gasteiger partial charge in [-0.3, -0.25) is 0 Å². The zero-order chi connectivity index (χ0) is 11.4. The van der Waals surface area contributed by atoms with Crippen LogP contribution in [0.5, 0.6) is 0 Å². The molecule has 2 aromatic rings. The Balaban J connectivity index is 1.97. The van der Waals surface area contributed by atoms with Gasteiger partial charge in [-0.25, -0.2) is 14.4 Å². The van der Waals surface area contributed by atoms with Crippen molar-refractivity contribution in [2.75, 3.05) is 11.1 Å². The summed E-state index contributed by atoms with van der Waals surface area (Å²) in [5.74, 6) is 0.256. The first kappa shape index (κ1) is 10.4. The number of anilines is 2. The van der Waals surface area contributed by atoms with Crippen LogP contribution in [0.25, 0.3) is 0 Å². The lowest BCUT2D eigenvalue weighted by molar-refractivity contribution is 0.627. The van der Waals surface area contributed by atoms with Crippen LogP contribution >= 0.6 is 0 Å². The Morgan fingerprint density at radius 3 is 2.38 bits per heavy atom. The Morgan fingerprint density at radius 1 is 1.12 bits per heavy atom. The average Bonchev–Trinajstić information content (AvgIpc) is 2.30. The highest BCUT2D eigenvalue weighted by Crippen LogP contribution is 2.06. The standard InChI is InChI=1S/C11H11FN4/c12-9-3-1-8(2-4-9)5-14-11-15-6-10(13)7-16-11/h1-4,6-7H,5,13H2,(H,14,15,16). The van der Waals surface area contributed by atoms with Crippen LogP contribution in [0.3, 0.4) is 0 Å². The lowest BCUT2D eigenvalue weighted by Crippen LogP contribution is -2.03. The summed E-state index contributed by atoms with van der Waals surface area (Å²) in [6.07, 6.45) is 3.06. The van der Waals surface area contributed by atoms with E-state index in [1.165, 1.54) is 24.5 Å². The molecular weight excluding hydrogens is 207 g/mol. The number of nitrogens with zero attached hydrogens (tertiary/aromatic N) is 2. The molecule has 0 aliphatic heterocycles. The Labute approximate surface area is 92.3 Å². The van der Waals surface area contributed by atoms with Crippen LogP contribution in [0.1, 0.15) is 5.56 Å². The fourth-order valence-electron chi connectivity index (χ4n) is 1.21. The van der Waals surface area contributed by atoms with Gasteiger partial charge in [-0.1, -0.05) is 12.1 Å². The summed E-state index contributed by atoms with van der Waals surface area (Å²) in [7, 11) is 0. The van der Waals surface area contributed by atoms with Gasteiger partial charge in [-0.2, -0.15) is 0 Å². The van der Waals surface area contributed by atoms with Crippen molar-refractivity contribution in [1.29, 1.82) is 0 Å². The molecule has 0 bridgehead atoms. The van der Waals surface area contributed by atoms with Crippen molar-refractivity contribution < 1.29 is 4.39 Å². The van der Waals surface area contributed by atoms with Crippen molar-refractivity contribution in [3.8, 4) is 0 Å². The minimum absolute atomic E-state index is 0.243. The molecule has 2 rings (SSSR count). The lowest BCUT2D eigenvalue weighted by atomic mass is 10.2. The predicted molar refractivity (Wildman–Crippen MR) is 60.2 cm³/mol. The maximum Gasteiger partial charge on any atom is 0.222 e. The van der Waals surface area contributed by atoms with E-state index in [1.54, 1.807) is 12.1 Å². The van der Waals surface area contributed by atoms with Crippen LogP contribution in [0, 0.1) is 5.82 Å². The summed E-state index contributed by atoms with van der Waals surface area (Å²) < 4.78 is 12.6. The first-order chi connectivity index (χ1) is 7.74. The van der Waals surface area contributed by atoms with Crippen molar-refractivity contribution in [2.45, 2.75) is 6.54 Å². The van der Waals surface area contributed by atoms with Gasteiger partial charge in [0, 0.05) is 6.54 Å². The normalized spacial score (nSPS) is 10.1. The van der Waals surface area contributed by atoms with Crippen molar-refractivity contribution in [3.05, 3.63) is 48.0 Å². The Bertz CT molecular complexity index is 407. The summed E-state index contributed by atoms with van der Waals surface area (Å²) in [5, 5.41) is 3.01. The van der Waals surface area contributed by atoms with Crippen molar-refractivity contribution in [1.82, 2.24) is 9.97 Å². The van der Waals surface area contributed by atoms with Gasteiger partial charge in [-0.05, 0) is 17.7 Å². The highest BCUT2D eigenvalue weighted by Gasteiger charge is 1.96. The molecule has 1 heterocycles. The van der Waals surface area contributed by atoms with Gasteiger partial charge in [0.1, 0.15) is 5.82 Å². The molecule has 0 aliphatic rings. The predicted octanol–water partition coefficient (Wildman–Crippen LogP) is 1.81. The molecule has 82 valence electrons. The first-order valence-corrected chi connectivity index (χ1v) is 4.80. The Hall–Kier alpha value is -2.17. The number of rotatable bonds is 3. The maximum absolute atomic E-state index is 12.6. The number of nitrogen functional groups attached to an aromatic ring is 1. The molecule has 0 amide bonds. The summed E-state index contributed by atoms with van der Waals surface area (Å²) in [5.41, 5.74) is 6.94. The van der Waals surface area contributed by atoms with E-state index in [2.05, 4.69) is 15.3 Å². The number of hydrogen-bond donors (Lipinski definition) is 2. The topological polar surface area (TPSA) is 63.8 Å². The van der Waals surface area contributed by atoms with E-state index in [0.717, 1.165) is 5.56 Å². The van der Waals surface area contributed by atoms with E-state index in [0.29, 0.717) is 18.2 Å². The van der Waals surface area contributed by atoms with Crippen LogP contribution in [0.4, 0.5) is 16.0 Å². The van der Waals surface area contributed by atoms with Crippen LogP contribution in [-0.2, 0) is 6.54 Å². The molecular formula is C11H11FN4. The molecule has 0 unspecified atom stereocenters. The summed E-state index contributed by atoms with van der Waals surface area (Å²) in [4.78, 5) is 7.98. The molecule has 3 N–H and O–H groups in total. The molecule has 16 heavy (non-hydrogen) atoms.